The molecule has 3 rings (SSSR count). The first-order valence-corrected chi connectivity index (χ1v) is 10.3. The highest BCUT2D eigenvalue weighted by Gasteiger charge is 2.35. The summed E-state index contributed by atoms with van der Waals surface area (Å²) in [6.07, 6.45) is 0.00423. The Morgan fingerprint density at radius 2 is 1.88 bits per heavy atom. The molecule has 2 aromatic rings. The zero-order valence-electron chi connectivity index (χ0n) is 13.4. The number of hydrogen-bond donors (Lipinski definition) is 1. The number of nitrogens with one attached hydrogen (secondary N) is 1. The topological polar surface area (TPSA) is 75.7 Å². The summed E-state index contributed by atoms with van der Waals surface area (Å²) in [7, 11) is -3.63. The highest BCUT2D eigenvalue weighted by atomic mass is 35.5. The van der Waals surface area contributed by atoms with Gasteiger partial charge in [0.15, 0.2) is 6.10 Å². The van der Waals surface area contributed by atoms with Gasteiger partial charge < -0.3 is 10.1 Å². The molecule has 0 fully saturated rings. The van der Waals surface area contributed by atoms with Crippen LogP contribution in [0.1, 0.15) is 0 Å². The fourth-order valence-corrected chi connectivity index (χ4v) is 3.84. The zero-order valence-corrected chi connectivity index (χ0v) is 16.5. The van der Waals surface area contributed by atoms with Crippen molar-refractivity contribution in [1.29, 1.82) is 0 Å². The number of sulfonamides is 1. The maximum absolute atomic E-state index is 12.6. The van der Waals surface area contributed by atoms with Crippen molar-refractivity contribution >= 4 is 62.1 Å². The van der Waals surface area contributed by atoms with Gasteiger partial charge in [0.2, 0.25) is 10.0 Å². The van der Waals surface area contributed by atoms with Gasteiger partial charge in [-0.1, -0.05) is 34.8 Å². The summed E-state index contributed by atoms with van der Waals surface area (Å²) in [5, 5.41) is 3.64. The van der Waals surface area contributed by atoms with Crippen LogP contribution in [-0.4, -0.2) is 33.2 Å². The Morgan fingerprint density at radius 3 is 2.54 bits per heavy atom. The van der Waals surface area contributed by atoms with Gasteiger partial charge in [0.1, 0.15) is 5.75 Å². The molecule has 0 aromatic heterocycles. The number of benzene rings is 2. The molecular formula is C16H13Cl3N2O4S. The minimum Gasteiger partial charge on any atom is -0.476 e. The van der Waals surface area contributed by atoms with Gasteiger partial charge in [-0.25, -0.2) is 8.42 Å². The van der Waals surface area contributed by atoms with E-state index in [2.05, 4.69) is 5.32 Å². The van der Waals surface area contributed by atoms with E-state index in [1.807, 2.05) is 0 Å². The number of hydrogen-bond acceptors (Lipinski definition) is 4. The number of amides is 1. The molecule has 0 saturated heterocycles. The van der Waals surface area contributed by atoms with Crippen LogP contribution < -0.4 is 14.4 Å². The van der Waals surface area contributed by atoms with Crippen molar-refractivity contribution in [2.75, 3.05) is 22.4 Å². The molecule has 26 heavy (non-hydrogen) atoms. The number of fused-ring (bicyclic) bond motifs is 1. The van der Waals surface area contributed by atoms with Crippen LogP contribution in [0.15, 0.2) is 36.4 Å². The largest absolute Gasteiger partial charge is 0.476 e. The highest BCUT2D eigenvalue weighted by molar-refractivity contribution is 7.92. The van der Waals surface area contributed by atoms with Crippen LogP contribution in [0.5, 0.6) is 5.75 Å². The van der Waals surface area contributed by atoms with Crippen LogP contribution in [0.2, 0.25) is 15.1 Å². The van der Waals surface area contributed by atoms with E-state index < -0.39 is 22.0 Å². The first-order chi connectivity index (χ1) is 12.1. The van der Waals surface area contributed by atoms with Crippen molar-refractivity contribution in [3.8, 4) is 5.75 Å². The lowest BCUT2D eigenvalue weighted by Crippen LogP contribution is -2.48. The first-order valence-electron chi connectivity index (χ1n) is 7.35. The number of nitrogens with zero attached hydrogens (tertiary/aromatic N) is 1. The Balaban J connectivity index is 1.88. The van der Waals surface area contributed by atoms with Gasteiger partial charge in [-0.3, -0.25) is 9.10 Å². The molecule has 0 aliphatic carbocycles. The maximum Gasteiger partial charge on any atom is 0.267 e. The van der Waals surface area contributed by atoms with Gasteiger partial charge in [-0.15, -0.1) is 0 Å². The molecule has 1 atom stereocenters. The average molecular weight is 436 g/mol. The fraction of sp³-hybridized carbons (Fsp3) is 0.188. The van der Waals surface area contributed by atoms with E-state index in [1.54, 1.807) is 18.2 Å². The van der Waals surface area contributed by atoms with Gasteiger partial charge in [0.25, 0.3) is 5.91 Å². The Labute approximate surface area is 165 Å². The maximum atomic E-state index is 12.6. The third kappa shape index (κ3) is 4.01. The van der Waals surface area contributed by atoms with E-state index in [-0.39, 0.29) is 17.3 Å². The molecule has 1 aliphatic rings. The summed E-state index contributed by atoms with van der Waals surface area (Å²) in [6, 6.07) is 9.17. The molecule has 0 bridgehead atoms. The van der Waals surface area contributed by atoms with Crippen LogP contribution >= 0.6 is 34.8 Å². The summed E-state index contributed by atoms with van der Waals surface area (Å²) in [5.41, 5.74) is 0.708. The highest BCUT2D eigenvalue weighted by Crippen LogP contribution is 2.37. The normalized spacial score (nSPS) is 16.6. The average Bonchev–Trinajstić information content (AvgIpc) is 2.56. The summed E-state index contributed by atoms with van der Waals surface area (Å²) in [4.78, 5) is 12.6. The van der Waals surface area contributed by atoms with E-state index >= 15 is 0 Å². The van der Waals surface area contributed by atoms with Crippen molar-refractivity contribution in [2.45, 2.75) is 6.10 Å². The molecule has 1 aliphatic heterocycles. The summed E-state index contributed by atoms with van der Waals surface area (Å²) < 4.78 is 31.0. The smallest absolute Gasteiger partial charge is 0.267 e. The van der Waals surface area contributed by atoms with Gasteiger partial charge in [0.05, 0.1) is 28.5 Å². The molecule has 0 radical (unpaired) electrons. The van der Waals surface area contributed by atoms with Crippen molar-refractivity contribution in [3.05, 3.63) is 51.5 Å². The van der Waals surface area contributed by atoms with E-state index in [4.69, 9.17) is 39.5 Å². The predicted molar refractivity (Wildman–Crippen MR) is 103 cm³/mol. The Hall–Kier alpha value is -1.67. The van der Waals surface area contributed by atoms with E-state index in [1.165, 1.54) is 18.2 Å². The molecule has 0 spiro atoms. The quantitative estimate of drug-likeness (QED) is 0.795. The summed E-state index contributed by atoms with van der Waals surface area (Å²) >= 11 is 17.7. The van der Waals surface area contributed by atoms with Crippen LogP contribution in [0, 0.1) is 0 Å². The van der Waals surface area contributed by atoms with Crippen molar-refractivity contribution in [1.82, 2.24) is 0 Å². The van der Waals surface area contributed by atoms with E-state index in [0.29, 0.717) is 21.4 Å². The number of anilines is 2. The summed E-state index contributed by atoms with van der Waals surface area (Å²) in [5.74, 6) is -0.266. The Kier molecular flexibility index (Phi) is 5.25. The van der Waals surface area contributed by atoms with Crippen LogP contribution in [0.3, 0.4) is 0 Å². The molecule has 2 aromatic carbocycles. The molecule has 0 saturated carbocycles. The van der Waals surface area contributed by atoms with Crippen LogP contribution in [0.4, 0.5) is 11.4 Å². The zero-order chi connectivity index (χ0) is 19.1. The van der Waals surface area contributed by atoms with E-state index in [9.17, 15) is 13.2 Å². The van der Waals surface area contributed by atoms with Gasteiger partial charge >= 0.3 is 0 Å². The standard InChI is InChI=1S/C16H13Cl3N2O4S/c1-26(23,24)21-8-15(25-14-5-2-9(17)6-13(14)21)16(22)20-10-3-4-11(18)12(19)7-10/h2-7,15H,8H2,1H3,(H,20,22)/t15-/m0/s1. The van der Waals surface area contributed by atoms with Crippen molar-refractivity contribution < 1.29 is 17.9 Å². The fourth-order valence-electron chi connectivity index (χ4n) is 2.47. The second-order valence-corrected chi connectivity index (χ2v) is 8.79. The first kappa shape index (κ1) is 19.1. The second kappa shape index (κ2) is 7.15. The molecule has 10 heteroatoms. The number of ether oxygens (including phenoxy) is 1. The SMILES string of the molecule is CS(=O)(=O)N1C[C@@H](C(=O)Nc2ccc(Cl)c(Cl)c2)Oc2ccc(Cl)cc21. The minimum atomic E-state index is -3.63. The lowest BCUT2D eigenvalue weighted by atomic mass is 10.2. The predicted octanol–water partition coefficient (Wildman–Crippen LogP) is 3.81. The molecule has 1 amide bonds. The van der Waals surface area contributed by atoms with Crippen molar-refractivity contribution in [3.63, 3.8) is 0 Å². The molecule has 0 unspecified atom stereocenters. The van der Waals surface area contributed by atoms with Gasteiger partial charge in [-0.2, -0.15) is 0 Å². The monoisotopic (exact) mass is 434 g/mol. The lowest BCUT2D eigenvalue weighted by Gasteiger charge is -2.34. The molecular weight excluding hydrogens is 423 g/mol. The number of halogens is 3. The lowest BCUT2D eigenvalue weighted by molar-refractivity contribution is -0.122. The molecule has 1 heterocycles. The van der Waals surface area contributed by atoms with Crippen LogP contribution in [-0.2, 0) is 14.8 Å². The third-order valence-corrected chi connectivity index (χ3v) is 5.79. The number of carbonyl (C=O) groups excluding carboxylic acids is 1. The van der Waals surface area contributed by atoms with Gasteiger partial charge in [-0.05, 0) is 36.4 Å². The second-order valence-electron chi connectivity index (χ2n) is 5.63. The Bertz CT molecular complexity index is 981. The third-order valence-electron chi connectivity index (χ3n) is 3.67. The molecule has 6 nitrogen and oxygen atoms in total. The van der Waals surface area contributed by atoms with Crippen LogP contribution in [0.25, 0.3) is 0 Å². The molecule has 138 valence electrons. The van der Waals surface area contributed by atoms with Crippen molar-refractivity contribution in [2.24, 2.45) is 0 Å². The Morgan fingerprint density at radius 1 is 1.15 bits per heavy atom. The number of carbonyl (C=O) groups is 1. The number of rotatable bonds is 3. The van der Waals surface area contributed by atoms with Gasteiger partial charge in [0, 0.05) is 10.7 Å². The molecule has 1 N–H and O–H groups in total. The minimum absolute atomic E-state index is 0.181. The summed E-state index contributed by atoms with van der Waals surface area (Å²) in [6.45, 7) is -0.181. The van der Waals surface area contributed by atoms with E-state index in [0.717, 1.165) is 10.6 Å².